The van der Waals surface area contributed by atoms with Crippen LogP contribution in [0.25, 0.3) is 0 Å². The van der Waals surface area contributed by atoms with Crippen LogP contribution in [0.2, 0.25) is 0 Å². The molecule has 1 atom stereocenters. The summed E-state index contributed by atoms with van der Waals surface area (Å²) in [6.45, 7) is 2.36. The number of pyridine rings is 1. The van der Waals surface area contributed by atoms with Gasteiger partial charge in [-0.25, -0.2) is 9.37 Å². The number of hydrogen-bond acceptors (Lipinski definition) is 5. The van der Waals surface area contributed by atoms with Gasteiger partial charge in [0, 0.05) is 19.6 Å². The first-order valence-electron chi connectivity index (χ1n) is 6.43. The number of anilines is 1. The van der Waals surface area contributed by atoms with Crippen molar-refractivity contribution in [1.29, 1.82) is 0 Å². The Hall–Kier alpha value is -1.73. The molecule has 0 aromatic carbocycles. The number of carboxylic acid groups (broad SMARTS) is 1. The quantitative estimate of drug-likeness (QED) is 0.846. The third kappa shape index (κ3) is 4.14. The molecule has 0 spiro atoms. The highest BCUT2D eigenvalue weighted by Crippen LogP contribution is 2.15. The number of hydrogen-bond donors (Lipinski definition) is 1. The summed E-state index contributed by atoms with van der Waals surface area (Å²) in [6, 6.07) is 3.02. The lowest BCUT2D eigenvalue weighted by atomic mass is 10.2. The molecule has 1 N–H and O–H groups in total. The minimum Gasteiger partial charge on any atom is -0.480 e. The van der Waals surface area contributed by atoms with E-state index in [2.05, 4.69) is 4.98 Å². The van der Waals surface area contributed by atoms with Crippen molar-refractivity contribution in [2.24, 2.45) is 0 Å². The van der Waals surface area contributed by atoms with E-state index in [0.29, 0.717) is 32.1 Å². The van der Waals surface area contributed by atoms with E-state index in [1.807, 2.05) is 4.90 Å². The van der Waals surface area contributed by atoms with Crippen LogP contribution >= 0.6 is 0 Å². The largest absolute Gasteiger partial charge is 0.480 e. The molecule has 0 saturated carbocycles. The summed E-state index contributed by atoms with van der Waals surface area (Å²) < 4.78 is 18.5. The van der Waals surface area contributed by atoms with Crippen molar-refractivity contribution in [2.75, 3.05) is 44.7 Å². The van der Waals surface area contributed by atoms with E-state index in [1.165, 1.54) is 12.3 Å². The fraction of sp³-hybridized carbons (Fsp3) is 0.538. The van der Waals surface area contributed by atoms with E-state index in [0.717, 1.165) is 0 Å². The third-order valence-electron chi connectivity index (χ3n) is 3.10. The van der Waals surface area contributed by atoms with E-state index in [9.17, 15) is 9.18 Å². The van der Waals surface area contributed by atoms with Gasteiger partial charge in [-0.05, 0) is 19.2 Å². The molecule has 1 saturated heterocycles. The zero-order chi connectivity index (χ0) is 14.5. The summed E-state index contributed by atoms with van der Waals surface area (Å²) in [5.74, 6) is -0.513. The SMILES string of the molecule is CN(CC(=O)O)CC1CN(c2ccc(F)cn2)CCO1. The molecule has 1 aromatic rings. The van der Waals surface area contributed by atoms with Crippen LogP contribution in [0.4, 0.5) is 10.2 Å². The molecule has 1 aromatic heterocycles. The van der Waals surface area contributed by atoms with Gasteiger partial charge in [-0.3, -0.25) is 9.69 Å². The van der Waals surface area contributed by atoms with Gasteiger partial charge in [0.2, 0.25) is 0 Å². The monoisotopic (exact) mass is 283 g/mol. The highest BCUT2D eigenvalue weighted by atomic mass is 19.1. The lowest BCUT2D eigenvalue weighted by molar-refractivity contribution is -0.138. The number of aliphatic carboxylic acids is 1. The highest BCUT2D eigenvalue weighted by molar-refractivity contribution is 5.69. The number of morpholine rings is 1. The number of carboxylic acids is 1. The molecule has 0 aliphatic carbocycles. The zero-order valence-electron chi connectivity index (χ0n) is 11.3. The van der Waals surface area contributed by atoms with Gasteiger partial charge in [-0.1, -0.05) is 0 Å². The van der Waals surface area contributed by atoms with Crippen LogP contribution in [0, 0.1) is 5.82 Å². The molecule has 1 aliphatic rings. The van der Waals surface area contributed by atoms with Gasteiger partial charge in [0.05, 0.1) is 25.5 Å². The Labute approximate surface area is 116 Å². The Bertz CT molecular complexity index is 455. The second kappa shape index (κ2) is 6.62. The van der Waals surface area contributed by atoms with Gasteiger partial charge < -0.3 is 14.7 Å². The van der Waals surface area contributed by atoms with Crippen molar-refractivity contribution < 1.29 is 19.0 Å². The molecule has 1 aliphatic heterocycles. The molecular formula is C13H18FN3O3. The van der Waals surface area contributed by atoms with E-state index in [1.54, 1.807) is 18.0 Å². The first kappa shape index (κ1) is 14.7. The van der Waals surface area contributed by atoms with Crippen molar-refractivity contribution >= 4 is 11.8 Å². The second-order valence-electron chi connectivity index (χ2n) is 4.86. The van der Waals surface area contributed by atoms with Crippen LogP contribution in [-0.4, -0.2) is 66.9 Å². The molecule has 1 unspecified atom stereocenters. The third-order valence-corrected chi connectivity index (χ3v) is 3.10. The normalized spacial score (nSPS) is 19.4. The smallest absolute Gasteiger partial charge is 0.317 e. The summed E-state index contributed by atoms with van der Waals surface area (Å²) in [5, 5.41) is 8.73. The lowest BCUT2D eigenvalue weighted by Crippen LogP contribution is -2.48. The van der Waals surface area contributed by atoms with Gasteiger partial charge in [0.15, 0.2) is 0 Å². The van der Waals surface area contributed by atoms with Gasteiger partial charge in [0.1, 0.15) is 11.6 Å². The molecule has 20 heavy (non-hydrogen) atoms. The summed E-state index contributed by atoms with van der Waals surface area (Å²) >= 11 is 0. The molecule has 1 fully saturated rings. The Morgan fingerprint density at radius 2 is 2.45 bits per heavy atom. The van der Waals surface area contributed by atoms with Crippen LogP contribution in [-0.2, 0) is 9.53 Å². The summed E-state index contributed by atoms with van der Waals surface area (Å²) in [4.78, 5) is 18.4. The first-order valence-corrected chi connectivity index (χ1v) is 6.43. The number of carbonyl (C=O) groups is 1. The topological polar surface area (TPSA) is 65.9 Å². The van der Waals surface area contributed by atoms with Crippen molar-refractivity contribution in [3.05, 3.63) is 24.1 Å². The van der Waals surface area contributed by atoms with Gasteiger partial charge in [-0.15, -0.1) is 0 Å². The second-order valence-corrected chi connectivity index (χ2v) is 4.86. The summed E-state index contributed by atoms with van der Waals surface area (Å²) in [6.07, 6.45) is 1.11. The molecule has 7 heteroatoms. The summed E-state index contributed by atoms with van der Waals surface area (Å²) in [5.41, 5.74) is 0. The van der Waals surface area contributed by atoms with E-state index in [4.69, 9.17) is 9.84 Å². The Balaban J connectivity index is 1.91. The Morgan fingerprint density at radius 3 is 3.10 bits per heavy atom. The molecule has 110 valence electrons. The van der Waals surface area contributed by atoms with Gasteiger partial charge in [0.25, 0.3) is 0 Å². The number of rotatable bonds is 5. The maximum Gasteiger partial charge on any atom is 0.317 e. The number of aromatic nitrogens is 1. The number of halogens is 1. The minimum absolute atomic E-state index is 0.0192. The molecule has 0 bridgehead atoms. The van der Waals surface area contributed by atoms with Crippen LogP contribution < -0.4 is 4.90 Å². The van der Waals surface area contributed by atoms with Crippen molar-refractivity contribution in [3.63, 3.8) is 0 Å². The van der Waals surface area contributed by atoms with E-state index in [-0.39, 0.29) is 18.5 Å². The predicted octanol–water partition coefficient (Wildman–Crippen LogP) is 0.442. The van der Waals surface area contributed by atoms with Gasteiger partial charge >= 0.3 is 5.97 Å². The first-order chi connectivity index (χ1) is 9.54. The van der Waals surface area contributed by atoms with Crippen LogP contribution in [0.3, 0.4) is 0 Å². The maximum atomic E-state index is 12.9. The average Bonchev–Trinajstić information content (AvgIpc) is 2.38. The fourth-order valence-corrected chi connectivity index (χ4v) is 2.24. The van der Waals surface area contributed by atoms with Crippen LogP contribution in [0.1, 0.15) is 0 Å². The van der Waals surface area contributed by atoms with Crippen LogP contribution in [0.15, 0.2) is 18.3 Å². The molecule has 2 heterocycles. The fourth-order valence-electron chi connectivity index (χ4n) is 2.24. The van der Waals surface area contributed by atoms with Crippen molar-refractivity contribution in [2.45, 2.75) is 6.10 Å². The molecule has 0 radical (unpaired) electrons. The molecule has 2 rings (SSSR count). The van der Waals surface area contributed by atoms with Gasteiger partial charge in [-0.2, -0.15) is 0 Å². The minimum atomic E-state index is -0.861. The maximum absolute atomic E-state index is 12.9. The number of ether oxygens (including phenoxy) is 1. The number of nitrogens with zero attached hydrogens (tertiary/aromatic N) is 3. The van der Waals surface area contributed by atoms with Crippen molar-refractivity contribution in [3.8, 4) is 0 Å². The molecule has 0 amide bonds. The molecule has 6 nitrogen and oxygen atoms in total. The van der Waals surface area contributed by atoms with Crippen LogP contribution in [0.5, 0.6) is 0 Å². The summed E-state index contributed by atoms with van der Waals surface area (Å²) in [7, 11) is 1.74. The zero-order valence-corrected chi connectivity index (χ0v) is 11.3. The van der Waals surface area contributed by atoms with E-state index < -0.39 is 5.97 Å². The van der Waals surface area contributed by atoms with E-state index >= 15 is 0 Å². The standard InChI is InChI=1S/C13H18FN3O3/c1-16(9-13(18)19)7-11-8-17(4-5-20-11)12-3-2-10(14)6-15-12/h2-3,6,11H,4-5,7-9H2,1H3,(H,18,19). The highest BCUT2D eigenvalue weighted by Gasteiger charge is 2.23. The average molecular weight is 283 g/mol. The molecular weight excluding hydrogens is 265 g/mol. The predicted molar refractivity (Wildman–Crippen MR) is 71.3 cm³/mol. The number of likely N-dealkylation sites (N-methyl/N-ethyl adjacent to an activating group) is 1. The lowest BCUT2D eigenvalue weighted by Gasteiger charge is -2.35. The Kier molecular flexibility index (Phi) is 4.86. The Morgan fingerprint density at radius 1 is 1.65 bits per heavy atom. The van der Waals surface area contributed by atoms with Crippen molar-refractivity contribution in [1.82, 2.24) is 9.88 Å².